The van der Waals surface area contributed by atoms with Gasteiger partial charge in [-0.3, -0.25) is 4.79 Å². The number of amides is 1. The SMILES string of the molecule is CCc1ccccc1CC(=O)NC1(C(=O)O)CCOCC1. The van der Waals surface area contributed by atoms with E-state index in [1.807, 2.05) is 31.2 Å². The van der Waals surface area contributed by atoms with Crippen LogP contribution in [0.1, 0.15) is 30.9 Å². The van der Waals surface area contributed by atoms with Crippen LogP contribution in [0.3, 0.4) is 0 Å². The Balaban J connectivity index is 2.07. The first-order valence-corrected chi connectivity index (χ1v) is 7.26. The molecule has 0 saturated carbocycles. The molecule has 1 aromatic carbocycles. The van der Waals surface area contributed by atoms with Crippen molar-refractivity contribution in [3.63, 3.8) is 0 Å². The molecule has 1 fully saturated rings. The molecule has 0 aliphatic carbocycles. The monoisotopic (exact) mass is 291 g/mol. The molecule has 0 bridgehead atoms. The summed E-state index contributed by atoms with van der Waals surface area (Å²) in [4.78, 5) is 23.8. The van der Waals surface area contributed by atoms with Crippen LogP contribution in [0, 0.1) is 0 Å². The van der Waals surface area contributed by atoms with Gasteiger partial charge >= 0.3 is 5.97 Å². The number of hydrogen-bond acceptors (Lipinski definition) is 3. The number of carboxylic acid groups (broad SMARTS) is 1. The third-order valence-electron chi connectivity index (χ3n) is 3.98. The molecular formula is C16H21NO4. The van der Waals surface area contributed by atoms with Crippen molar-refractivity contribution in [2.24, 2.45) is 0 Å². The van der Waals surface area contributed by atoms with Gasteiger partial charge in [0.2, 0.25) is 5.91 Å². The summed E-state index contributed by atoms with van der Waals surface area (Å²) >= 11 is 0. The third-order valence-corrected chi connectivity index (χ3v) is 3.98. The summed E-state index contributed by atoms with van der Waals surface area (Å²) in [6.07, 6.45) is 1.67. The van der Waals surface area contributed by atoms with Crippen LogP contribution in [0.4, 0.5) is 0 Å². The summed E-state index contributed by atoms with van der Waals surface area (Å²) in [6, 6.07) is 7.74. The molecule has 0 unspecified atom stereocenters. The maximum Gasteiger partial charge on any atom is 0.329 e. The lowest BCUT2D eigenvalue weighted by Crippen LogP contribution is -2.57. The minimum atomic E-state index is -1.18. The van der Waals surface area contributed by atoms with Crippen molar-refractivity contribution < 1.29 is 19.4 Å². The smallest absolute Gasteiger partial charge is 0.329 e. The van der Waals surface area contributed by atoms with E-state index in [1.165, 1.54) is 0 Å². The van der Waals surface area contributed by atoms with Crippen molar-refractivity contribution in [1.29, 1.82) is 0 Å². The van der Waals surface area contributed by atoms with Gasteiger partial charge in [0.05, 0.1) is 6.42 Å². The fourth-order valence-electron chi connectivity index (χ4n) is 2.67. The number of carboxylic acids is 1. The Hall–Kier alpha value is -1.88. The van der Waals surface area contributed by atoms with Gasteiger partial charge in [-0.1, -0.05) is 31.2 Å². The molecule has 1 aliphatic rings. The number of carbonyl (C=O) groups is 2. The second-order valence-electron chi connectivity index (χ2n) is 5.35. The summed E-state index contributed by atoms with van der Waals surface area (Å²) in [5.41, 5.74) is 0.880. The molecular weight excluding hydrogens is 270 g/mol. The zero-order valence-electron chi connectivity index (χ0n) is 12.2. The number of ether oxygens (including phenoxy) is 1. The minimum absolute atomic E-state index is 0.208. The quantitative estimate of drug-likeness (QED) is 0.863. The molecule has 1 aliphatic heterocycles. The third kappa shape index (κ3) is 3.61. The summed E-state index contributed by atoms with van der Waals surface area (Å²) in [5, 5.41) is 12.1. The number of aryl methyl sites for hydroxylation is 1. The zero-order valence-corrected chi connectivity index (χ0v) is 12.2. The first-order valence-electron chi connectivity index (χ1n) is 7.26. The van der Waals surface area contributed by atoms with Crippen molar-refractivity contribution in [1.82, 2.24) is 5.32 Å². The molecule has 1 heterocycles. The second-order valence-corrected chi connectivity index (χ2v) is 5.35. The molecule has 0 atom stereocenters. The predicted molar refractivity (Wildman–Crippen MR) is 78.1 cm³/mol. The van der Waals surface area contributed by atoms with Gasteiger partial charge in [-0.05, 0) is 17.5 Å². The Morgan fingerprint density at radius 3 is 2.43 bits per heavy atom. The van der Waals surface area contributed by atoms with E-state index in [0.29, 0.717) is 26.1 Å². The van der Waals surface area contributed by atoms with Crippen LogP contribution in [0.2, 0.25) is 0 Å². The molecule has 1 aromatic rings. The summed E-state index contributed by atoms with van der Waals surface area (Å²) in [6.45, 7) is 2.75. The van der Waals surface area contributed by atoms with Gasteiger partial charge in [0, 0.05) is 26.1 Å². The molecule has 2 N–H and O–H groups in total. The Kier molecular flexibility index (Phi) is 4.96. The first kappa shape index (κ1) is 15.5. The molecule has 114 valence electrons. The van der Waals surface area contributed by atoms with E-state index < -0.39 is 11.5 Å². The highest BCUT2D eigenvalue weighted by Gasteiger charge is 2.41. The van der Waals surface area contributed by atoms with Crippen molar-refractivity contribution >= 4 is 11.9 Å². The lowest BCUT2D eigenvalue weighted by atomic mass is 9.89. The van der Waals surface area contributed by atoms with E-state index >= 15 is 0 Å². The Bertz CT molecular complexity index is 521. The number of carbonyl (C=O) groups excluding carboxylic acids is 1. The predicted octanol–water partition coefficient (Wildman–Crippen LogP) is 1.54. The van der Waals surface area contributed by atoms with Crippen molar-refractivity contribution in [2.75, 3.05) is 13.2 Å². The Morgan fingerprint density at radius 2 is 1.86 bits per heavy atom. The number of hydrogen-bond donors (Lipinski definition) is 2. The lowest BCUT2D eigenvalue weighted by Gasteiger charge is -2.34. The second kappa shape index (κ2) is 6.72. The van der Waals surface area contributed by atoms with Crippen molar-refractivity contribution in [3.8, 4) is 0 Å². The van der Waals surface area contributed by atoms with E-state index in [1.54, 1.807) is 0 Å². The number of benzene rings is 1. The average Bonchev–Trinajstić information content (AvgIpc) is 2.48. The van der Waals surface area contributed by atoms with Gasteiger partial charge in [0.25, 0.3) is 0 Å². The zero-order chi connectivity index (χ0) is 15.3. The van der Waals surface area contributed by atoms with Gasteiger partial charge in [-0.2, -0.15) is 0 Å². The van der Waals surface area contributed by atoms with Crippen molar-refractivity contribution in [3.05, 3.63) is 35.4 Å². The molecule has 5 nitrogen and oxygen atoms in total. The maximum atomic E-state index is 12.2. The molecule has 1 saturated heterocycles. The molecule has 0 aromatic heterocycles. The summed E-state index contributed by atoms with van der Waals surface area (Å²) < 4.78 is 5.20. The van der Waals surface area contributed by atoms with Crippen LogP contribution in [-0.4, -0.2) is 35.7 Å². The summed E-state index contributed by atoms with van der Waals surface area (Å²) in [5.74, 6) is -1.23. The van der Waals surface area contributed by atoms with Gasteiger partial charge in [-0.25, -0.2) is 4.79 Å². The molecule has 0 spiro atoms. The van der Waals surface area contributed by atoms with E-state index in [0.717, 1.165) is 17.5 Å². The topological polar surface area (TPSA) is 75.6 Å². The molecule has 0 radical (unpaired) electrons. The Morgan fingerprint density at radius 1 is 1.24 bits per heavy atom. The van der Waals surface area contributed by atoms with Gasteiger partial charge in [0.1, 0.15) is 5.54 Å². The standard InChI is InChI=1S/C16H21NO4/c1-2-12-5-3-4-6-13(12)11-14(18)17-16(15(19)20)7-9-21-10-8-16/h3-6H,2,7-11H2,1H3,(H,17,18)(H,19,20). The fraction of sp³-hybridized carbons (Fsp3) is 0.500. The van der Waals surface area contributed by atoms with Crippen LogP contribution >= 0.6 is 0 Å². The van der Waals surface area contributed by atoms with E-state index in [2.05, 4.69) is 5.32 Å². The van der Waals surface area contributed by atoms with Crippen LogP contribution < -0.4 is 5.32 Å². The van der Waals surface area contributed by atoms with Gasteiger partial charge in [0.15, 0.2) is 0 Å². The number of nitrogens with one attached hydrogen (secondary N) is 1. The first-order chi connectivity index (χ1) is 10.1. The normalized spacial score (nSPS) is 17.2. The maximum absolute atomic E-state index is 12.2. The van der Waals surface area contributed by atoms with Gasteiger partial charge < -0.3 is 15.2 Å². The Labute approximate surface area is 124 Å². The largest absolute Gasteiger partial charge is 0.480 e. The lowest BCUT2D eigenvalue weighted by molar-refractivity contribution is -0.152. The highest BCUT2D eigenvalue weighted by atomic mass is 16.5. The average molecular weight is 291 g/mol. The van der Waals surface area contributed by atoms with Crippen LogP contribution in [-0.2, 0) is 27.2 Å². The molecule has 2 rings (SSSR count). The number of aliphatic carboxylic acids is 1. The molecule has 5 heteroatoms. The van der Waals surface area contributed by atoms with Crippen LogP contribution in [0.25, 0.3) is 0 Å². The van der Waals surface area contributed by atoms with Crippen LogP contribution in [0.15, 0.2) is 24.3 Å². The fourth-order valence-corrected chi connectivity index (χ4v) is 2.67. The van der Waals surface area contributed by atoms with E-state index in [-0.39, 0.29) is 12.3 Å². The number of rotatable bonds is 5. The van der Waals surface area contributed by atoms with Gasteiger partial charge in [-0.15, -0.1) is 0 Å². The minimum Gasteiger partial charge on any atom is -0.480 e. The van der Waals surface area contributed by atoms with E-state index in [4.69, 9.17) is 4.74 Å². The summed E-state index contributed by atoms with van der Waals surface area (Å²) in [7, 11) is 0. The molecule has 1 amide bonds. The molecule has 21 heavy (non-hydrogen) atoms. The highest BCUT2D eigenvalue weighted by molar-refractivity contribution is 5.88. The van der Waals surface area contributed by atoms with Crippen molar-refractivity contribution in [2.45, 2.75) is 38.1 Å². The van der Waals surface area contributed by atoms with Crippen LogP contribution in [0.5, 0.6) is 0 Å². The van der Waals surface area contributed by atoms with E-state index in [9.17, 15) is 14.7 Å². The highest BCUT2D eigenvalue weighted by Crippen LogP contribution is 2.21.